The van der Waals surface area contributed by atoms with Crippen molar-refractivity contribution in [2.75, 3.05) is 27.7 Å². The van der Waals surface area contributed by atoms with Gasteiger partial charge < -0.3 is 20.3 Å². The molecule has 0 aromatic heterocycles. The maximum Gasteiger partial charge on any atom is 0.241 e. The highest BCUT2D eigenvalue weighted by atomic mass is 16.5. The van der Waals surface area contributed by atoms with Crippen molar-refractivity contribution in [3.8, 4) is 5.75 Å². The number of methoxy groups -OCH3 is 1. The van der Waals surface area contributed by atoms with Gasteiger partial charge in [-0.1, -0.05) is 42.5 Å². The van der Waals surface area contributed by atoms with E-state index in [0.29, 0.717) is 12.5 Å². The van der Waals surface area contributed by atoms with Crippen molar-refractivity contribution in [3.63, 3.8) is 0 Å². The average Bonchev–Trinajstić information content (AvgIpc) is 2.70. The highest BCUT2D eigenvalue weighted by molar-refractivity contribution is 5.86. The fraction of sp³-hybridized carbons (Fsp3) is 0.333. The molecule has 0 heterocycles. The van der Waals surface area contributed by atoms with Crippen LogP contribution >= 0.6 is 0 Å². The van der Waals surface area contributed by atoms with Gasteiger partial charge in [-0.2, -0.15) is 0 Å². The van der Waals surface area contributed by atoms with Crippen LogP contribution in [0.1, 0.15) is 24.1 Å². The van der Waals surface area contributed by atoms with E-state index in [1.54, 1.807) is 26.1 Å². The van der Waals surface area contributed by atoms with Crippen molar-refractivity contribution >= 4 is 11.9 Å². The van der Waals surface area contributed by atoms with Gasteiger partial charge in [-0.25, -0.2) is 4.99 Å². The van der Waals surface area contributed by atoms with Crippen LogP contribution in [0.5, 0.6) is 5.75 Å². The summed E-state index contributed by atoms with van der Waals surface area (Å²) in [6.07, 6.45) is 0. The zero-order chi connectivity index (χ0) is 19.6. The van der Waals surface area contributed by atoms with Gasteiger partial charge in [0.05, 0.1) is 26.2 Å². The second-order valence-corrected chi connectivity index (χ2v) is 6.43. The normalized spacial score (nSPS) is 12.2. The van der Waals surface area contributed by atoms with Gasteiger partial charge in [0, 0.05) is 14.1 Å². The van der Waals surface area contributed by atoms with Crippen LogP contribution in [0.2, 0.25) is 0 Å². The molecule has 1 amide bonds. The number of carbonyl (C=O) groups is 1. The molecular formula is C21H28N4O2. The first-order valence-corrected chi connectivity index (χ1v) is 8.92. The minimum atomic E-state index is -0.0127. The first-order valence-electron chi connectivity index (χ1n) is 8.92. The van der Waals surface area contributed by atoms with E-state index >= 15 is 0 Å². The van der Waals surface area contributed by atoms with Crippen molar-refractivity contribution < 1.29 is 9.53 Å². The predicted molar refractivity (Wildman–Crippen MR) is 109 cm³/mol. The van der Waals surface area contributed by atoms with Crippen LogP contribution in [-0.4, -0.2) is 44.5 Å². The molecule has 2 rings (SSSR count). The molecule has 0 fully saturated rings. The zero-order valence-electron chi connectivity index (χ0n) is 16.4. The van der Waals surface area contributed by atoms with Gasteiger partial charge >= 0.3 is 0 Å². The summed E-state index contributed by atoms with van der Waals surface area (Å²) in [5, 5.41) is 6.48. The Morgan fingerprint density at radius 2 is 1.78 bits per heavy atom. The maximum absolute atomic E-state index is 11.9. The molecule has 2 aromatic rings. The van der Waals surface area contributed by atoms with Gasteiger partial charge in [0.15, 0.2) is 5.96 Å². The summed E-state index contributed by atoms with van der Waals surface area (Å²) in [6, 6.07) is 18.0. The molecule has 27 heavy (non-hydrogen) atoms. The van der Waals surface area contributed by atoms with Crippen molar-refractivity contribution in [2.45, 2.75) is 19.5 Å². The lowest BCUT2D eigenvalue weighted by atomic mass is 10.1. The number of ether oxygens (including phenoxy) is 1. The number of likely N-dealkylation sites (N-methyl/N-ethyl adjacent to an activating group) is 1. The number of benzene rings is 2. The van der Waals surface area contributed by atoms with E-state index in [4.69, 9.17) is 4.74 Å². The molecule has 1 atom stereocenters. The first-order chi connectivity index (χ1) is 13.0. The SMILES string of the molecule is COc1ccc(CN=C(NCC(=O)N(C)C)NC(C)c2ccccc2)cc1. The van der Waals surface area contributed by atoms with Crippen LogP contribution in [0.25, 0.3) is 0 Å². The molecule has 6 nitrogen and oxygen atoms in total. The zero-order valence-corrected chi connectivity index (χ0v) is 16.4. The molecule has 0 aliphatic rings. The maximum atomic E-state index is 11.9. The van der Waals surface area contributed by atoms with Gasteiger partial charge in [-0.05, 0) is 30.2 Å². The highest BCUT2D eigenvalue weighted by Gasteiger charge is 2.10. The number of amides is 1. The Bertz CT molecular complexity index is 743. The third-order valence-corrected chi connectivity index (χ3v) is 4.14. The van der Waals surface area contributed by atoms with Gasteiger partial charge in [0.25, 0.3) is 0 Å². The minimum absolute atomic E-state index is 0.0127. The summed E-state index contributed by atoms with van der Waals surface area (Å²) in [7, 11) is 5.11. The molecule has 1 unspecified atom stereocenters. The number of hydrogen-bond acceptors (Lipinski definition) is 3. The number of hydrogen-bond donors (Lipinski definition) is 2. The summed E-state index contributed by atoms with van der Waals surface area (Å²) in [5.41, 5.74) is 2.21. The average molecular weight is 368 g/mol. The Labute approximate surface area is 161 Å². The van der Waals surface area contributed by atoms with E-state index in [1.165, 1.54) is 0 Å². The minimum Gasteiger partial charge on any atom is -0.497 e. The Kier molecular flexibility index (Phi) is 7.67. The molecule has 0 bridgehead atoms. The van der Waals surface area contributed by atoms with Crippen LogP contribution in [0, 0.1) is 0 Å². The molecule has 2 N–H and O–H groups in total. The summed E-state index contributed by atoms with van der Waals surface area (Å²) < 4.78 is 5.18. The van der Waals surface area contributed by atoms with Crippen molar-refractivity contribution in [3.05, 3.63) is 65.7 Å². The standard InChI is InChI=1S/C21H28N4O2/c1-16(18-8-6-5-7-9-18)24-21(23-15-20(26)25(2)3)22-14-17-10-12-19(27-4)13-11-17/h5-13,16H,14-15H2,1-4H3,(H2,22,23,24). The summed E-state index contributed by atoms with van der Waals surface area (Å²) in [4.78, 5) is 18.1. The molecule has 0 radical (unpaired) electrons. The molecule has 0 aliphatic carbocycles. The molecule has 0 saturated carbocycles. The largest absolute Gasteiger partial charge is 0.497 e. The fourth-order valence-corrected chi connectivity index (χ4v) is 2.40. The third-order valence-electron chi connectivity index (χ3n) is 4.14. The molecule has 144 valence electrons. The molecular weight excluding hydrogens is 340 g/mol. The van der Waals surface area contributed by atoms with E-state index in [-0.39, 0.29) is 18.5 Å². The molecule has 2 aromatic carbocycles. The molecule has 0 spiro atoms. The first kappa shape index (κ1) is 20.3. The lowest BCUT2D eigenvalue weighted by Crippen LogP contribution is -2.43. The number of aliphatic imine (C=N–C) groups is 1. The lowest BCUT2D eigenvalue weighted by molar-refractivity contribution is -0.127. The van der Waals surface area contributed by atoms with Crippen molar-refractivity contribution in [1.29, 1.82) is 0 Å². The van der Waals surface area contributed by atoms with Crippen LogP contribution in [-0.2, 0) is 11.3 Å². The Morgan fingerprint density at radius 1 is 1.11 bits per heavy atom. The molecule has 0 saturated heterocycles. The van der Waals surface area contributed by atoms with Crippen LogP contribution in [0.15, 0.2) is 59.6 Å². The summed E-state index contributed by atoms with van der Waals surface area (Å²) in [6.45, 7) is 2.74. The smallest absolute Gasteiger partial charge is 0.241 e. The Hall–Kier alpha value is -3.02. The molecule has 0 aliphatic heterocycles. The van der Waals surface area contributed by atoms with Gasteiger partial charge in [0.1, 0.15) is 5.75 Å². The van der Waals surface area contributed by atoms with Crippen molar-refractivity contribution in [2.24, 2.45) is 4.99 Å². The highest BCUT2D eigenvalue weighted by Crippen LogP contribution is 2.13. The Morgan fingerprint density at radius 3 is 2.37 bits per heavy atom. The monoisotopic (exact) mass is 368 g/mol. The topological polar surface area (TPSA) is 66.0 Å². The number of guanidine groups is 1. The van der Waals surface area contributed by atoms with Gasteiger partial charge in [-0.3, -0.25) is 4.79 Å². The third kappa shape index (κ3) is 6.66. The lowest BCUT2D eigenvalue weighted by Gasteiger charge is -2.19. The van der Waals surface area contributed by atoms with E-state index < -0.39 is 0 Å². The van der Waals surface area contributed by atoms with Gasteiger partial charge in [0.2, 0.25) is 5.91 Å². The Balaban J connectivity index is 2.08. The summed E-state index contributed by atoms with van der Waals surface area (Å²) in [5.74, 6) is 1.40. The second-order valence-electron chi connectivity index (χ2n) is 6.43. The second kappa shape index (κ2) is 10.2. The van der Waals surface area contributed by atoms with E-state index in [1.807, 2.05) is 42.5 Å². The van der Waals surface area contributed by atoms with Crippen LogP contribution < -0.4 is 15.4 Å². The summed E-state index contributed by atoms with van der Waals surface area (Å²) >= 11 is 0. The quantitative estimate of drug-likeness (QED) is 0.582. The number of rotatable bonds is 7. The van der Waals surface area contributed by atoms with E-state index in [2.05, 4.69) is 34.7 Å². The molecule has 6 heteroatoms. The fourth-order valence-electron chi connectivity index (χ4n) is 2.40. The van der Waals surface area contributed by atoms with Crippen LogP contribution in [0.4, 0.5) is 0 Å². The number of nitrogens with zero attached hydrogens (tertiary/aromatic N) is 2. The van der Waals surface area contributed by atoms with Crippen molar-refractivity contribution in [1.82, 2.24) is 15.5 Å². The predicted octanol–water partition coefficient (Wildman–Crippen LogP) is 2.58. The van der Waals surface area contributed by atoms with E-state index in [9.17, 15) is 4.79 Å². The number of carbonyl (C=O) groups excluding carboxylic acids is 1. The number of nitrogens with one attached hydrogen (secondary N) is 2. The van der Waals surface area contributed by atoms with E-state index in [0.717, 1.165) is 16.9 Å². The van der Waals surface area contributed by atoms with Gasteiger partial charge in [-0.15, -0.1) is 0 Å². The van der Waals surface area contributed by atoms with Crippen LogP contribution in [0.3, 0.4) is 0 Å².